The molecule has 6 nitrogen and oxygen atoms in total. The fraction of sp³-hybridized carbons (Fsp3) is 0.480. The van der Waals surface area contributed by atoms with E-state index in [-0.39, 0.29) is 33.7 Å². The summed E-state index contributed by atoms with van der Waals surface area (Å²) in [5.74, 6) is -0.953. The molecule has 0 saturated carbocycles. The number of hydrogen-bond acceptors (Lipinski definition) is 5. The number of aromatic hydroxyl groups is 2. The van der Waals surface area contributed by atoms with Gasteiger partial charge >= 0.3 is 5.97 Å². The molecule has 0 unspecified atom stereocenters. The van der Waals surface area contributed by atoms with Gasteiger partial charge in [-0.25, -0.2) is 4.79 Å². The van der Waals surface area contributed by atoms with Crippen molar-refractivity contribution in [2.75, 3.05) is 6.54 Å². The Morgan fingerprint density at radius 3 is 2.16 bits per heavy atom. The highest BCUT2D eigenvalue weighted by Crippen LogP contribution is 2.40. The van der Waals surface area contributed by atoms with Gasteiger partial charge in [-0.15, -0.1) is 0 Å². The highest BCUT2D eigenvalue weighted by atomic mass is 28.4. The third kappa shape index (κ3) is 7.08. The molecule has 0 radical (unpaired) electrons. The van der Waals surface area contributed by atoms with Crippen LogP contribution in [0.4, 0.5) is 0 Å². The zero-order valence-electron chi connectivity index (χ0n) is 20.2. The topological polar surface area (TPSA) is 99.0 Å². The average Bonchev–Trinajstić information content (AvgIpc) is 2.63. The van der Waals surface area contributed by atoms with Crippen molar-refractivity contribution in [3.05, 3.63) is 59.2 Å². The van der Waals surface area contributed by atoms with Gasteiger partial charge in [-0.3, -0.25) is 0 Å². The highest BCUT2D eigenvalue weighted by Gasteiger charge is 2.40. The molecule has 4 N–H and O–H groups in total. The third-order valence-corrected chi connectivity index (χ3v) is 10.6. The van der Waals surface area contributed by atoms with Crippen molar-refractivity contribution in [3.63, 3.8) is 0 Å². The second kappa shape index (κ2) is 9.64. The Hall–Kier alpha value is -2.35. The van der Waals surface area contributed by atoms with E-state index in [0.29, 0.717) is 18.5 Å². The molecule has 2 aromatic carbocycles. The van der Waals surface area contributed by atoms with E-state index >= 15 is 0 Å². The summed E-state index contributed by atoms with van der Waals surface area (Å²) in [7, 11) is -2.14. The SMILES string of the molecule is CC(C)(Cc1cccc(C(=O)O)c1)NC[C@H](O[Si](C)(C)C(C)(C)C)c1cc(O)cc(O)c1. The van der Waals surface area contributed by atoms with Gasteiger partial charge in [0, 0.05) is 18.2 Å². The fourth-order valence-electron chi connectivity index (χ4n) is 3.32. The maximum atomic E-state index is 11.3. The quantitative estimate of drug-likeness (QED) is 0.371. The summed E-state index contributed by atoms with van der Waals surface area (Å²) in [6, 6.07) is 11.5. The third-order valence-electron chi connectivity index (χ3n) is 6.13. The van der Waals surface area contributed by atoms with Gasteiger partial charge in [0.2, 0.25) is 0 Å². The molecule has 0 spiro atoms. The first-order valence-corrected chi connectivity index (χ1v) is 13.8. The molecule has 2 rings (SSSR count). The summed E-state index contributed by atoms with van der Waals surface area (Å²) < 4.78 is 6.67. The fourth-order valence-corrected chi connectivity index (χ4v) is 4.60. The van der Waals surface area contributed by atoms with Crippen molar-refractivity contribution in [2.24, 2.45) is 0 Å². The second-order valence-electron chi connectivity index (χ2n) is 10.6. The van der Waals surface area contributed by atoms with Crippen molar-refractivity contribution in [1.29, 1.82) is 0 Å². The second-order valence-corrected chi connectivity index (χ2v) is 15.4. The van der Waals surface area contributed by atoms with E-state index in [4.69, 9.17) is 4.43 Å². The maximum absolute atomic E-state index is 11.3. The van der Waals surface area contributed by atoms with Crippen LogP contribution in [0.2, 0.25) is 18.1 Å². The summed E-state index contributed by atoms with van der Waals surface area (Å²) in [5.41, 5.74) is 1.57. The first kappa shape index (κ1) is 25.9. The summed E-state index contributed by atoms with van der Waals surface area (Å²) in [5, 5.41) is 32.9. The van der Waals surface area contributed by atoms with Crippen LogP contribution in [0.3, 0.4) is 0 Å². The van der Waals surface area contributed by atoms with E-state index in [9.17, 15) is 20.1 Å². The Labute approximate surface area is 192 Å². The van der Waals surface area contributed by atoms with Crippen LogP contribution in [0.15, 0.2) is 42.5 Å². The molecule has 0 saturated heterocycles. The molecule has 7 heteroatoms. The number of aromatic carboxylic acids is 1. The minimum absolute atomic E-state index is 0.00307. The van der Waals surface area contributed by atoms with E-state index in [1.165, 1.54) is 6.07 Å². The number of carboxylic acid groups (broad SMARTS) is 1. The van der Waals surface area contributed by atoms with Crippen molar-refractivity contribution in [1.82, 2.24) is 5.32 Å². The number of carboxylic acids is 1. The Kier molecular flexibility index (Phi) is 7.81. The molecule has 0 fully saturated rings. The minimum Gasteiger partial charge on any atom is -0.508 e. The van der Waals surface area contributed by atoms with Gasteiger partial charge in [0.1, 0.15) is 11.5 Å². The lowest BCUT2D eigenvalue weighted by molar-refractivity contribution is 0.0696. The molecule has 1 atom stereocenters. The van der Waals surface area contributed by atoms with Crippen LogP contribution >= 0.6 is 0 Å². The Bertz CT molecular complexity index is 929. The minimum atomic E-state index is -2.14. The molecular formula is C25H37NO5Si. The van der Waals surface area contributed by atoms with E-state index in [1.54, 1.807) is 30.3 Å². The van der Waals surface area contributed by atoms with E-state index < -0.39 is 14.3 Å². The normalized spacial score (nSPS) is 13.7. The van der Waals surface area contributed by atoms with Gasteiger partial charge in [-0.05, 0) is 73.8 Å². The first-order valence-electron chi connectivity index (χ1n) is 10.9. The smallest absolute Gasteiger partial charge is 0.335 e. The van der Waals surface area contributed by atoms with Gasteiger partial charge in [0.15, 0.2) is 8.32 Å². The molecule has 0 bridgehead atoms. The van der Waals surface area contributed by atoms with Gasteiger partial charge in [-0.2, -0.15) is 0 Å². The molecule has 32 heavy (non-hydrogen) atoms. The van der Waals surface area contributed by atoms with Crippen LogP contribution in [0.1, 0.15) is 62.2 Å². The summed E-state index contributed by atoms with van der Waals surface area (Å²) in [6.45, 7) is 15.4. The molecule has 0 heterocycles. The molecule has 0 aromatic heterocycles. The number of hydrogen-bond donors (Lipinski definition) is 4. The number of carbonyl (C=O) groups is 1. The lowest BCUT2D eigenvalue weighted by atomic mass is 9.93. The van der Waals surface area contributed by atoms with Crippen LogP contribution in [0.25, 0.3) is 0 Å². The molecular weight excluding hydrogens is 422 g/mol. The maximum Gasteiger partial charge on any atom is 0.335 e. The van der Waals surface area contributed by atoms with Crippen molar-refractivity contribution < 1.29 is 24.5 Å². The molecule has 176 valence electrons. The predicted molar refractivity (Wildman–Crippen MR) is 130 cm³/mol. The molecule has 0 aliphatic carbocycles. The zero-order valence-corrected chi connectivity index (χ0v) is 21.2. The van der Waals surface area contributed by atoms with E-state index in [2.05, 4.69) is 53.0 Å². The lowest BCUT2D eigenvalue weighted by Crippen LogP contribution is -2.47. The highest BCUT2D eigenvalue weighted by molar-refractivity contribution is 6.74. The van der Waals surface area contributed by atoms with E-state index in [0.717, 1.165) is 5.56 Å². The van der Waals surface area contributed by atoms with Gasteiger partial charge in [0.25, 0.3) is 0 Å². The number of rotatable bonds is 9. The van der Waals surface area contributed by atoms with Crippen molar-refractivity contribution in [3.8, 4) is 11.5 Å². The van der Waals surface area contributed by atoms with Crippen LogP contribution in [-0.4, -0.2) is 41.7 Å². The van der Waals surface area contributed by atoms with Crippen molar-refractivity contribution in [2.45, 2.75) is 70.8 Å². The Morgan fingerprint density at radius 1 is 1.03 bits per heavy atom. The van der Waals surface area contributed by atoms with Gasteiger partial charge in [-0.1, -0.05) is 32.9 Å². The zero-order chi connectivity index (χ0) is 24.3. The van der Waals surface area contributed by atoms with Gasteiger partial charge < -0.3 is 25.1 Å². The summed E-state index contributed by atoms with van der Waals surface area (Å²) in [6.07, 6.45) is 0.269. The predicted octanol–water partition coefficient (Wildman–Crippen LogP) is 5.47. The number of phenols is 2. The molecule has 0 aliphatic rings. The average molecular weight is 460 g/mol. The van der Waals surface area contributed by atoms with Gasteiger partial charge in [0.05, 0.1) is 11.7 Å². The van der Waals surface area contributed by atoms with Crippen LogP contribution in [0.5, 0.6) is 11.5 Å². The standard InChI is InChI=1S/C25H37NO5Si/c1-24(2,3)32(6,7)31-22(19-12-20(27)14-21(28)13-19)16-26-25(4,5)15-17-9-8-10-18(11-17)23(29)30/h8-14,22,26-28H,15-16H2,1-7H3,(H,29,30)/t22-/m0/s1. The Balaban J connectivity index is 2.25. The number of benzene rings is 2. The largest absolute Gasteiger partial charge is 0.508 e. The number of nitrogens with one attached hydrogen (secondary N) is 1. The molecule has 0 aliphatic heterocycles. The van der Waals surface area contributed by atoms with Crippen molar-refractivity contribution >= 4 is 14.3 Å². The number of phenolic OH excluding ortho intramolecular Hbond substituents is 2. The first-order chi connectivity index (χ1) is 14.6. The lowest BCUT2D eigenvalue weighted by Gasteiger charge is -2.40. The summed E-state index contributed by atoms with van der Waals surface area (Å²) in [4.78, 5) is 11.3. The van der Waals surface area contributed by atoms with Crippen LogP contribution < -0.4 is 5.32 Å². The monoisotopic (exact) mass is 459 g/mol. The van der Waals surface area contributed by atoms with Crippen LogP contribution in [0, 0.1) is 0 Å². The van der Waals surface area contributed by atoms with E-state index in [1.807, 2.05) is 6.07 Å². The molecule has 2 aromatic rings. The Morgan fingerprint density at radius 2 is 1.62 bits per heavy atom. The van der Waals surface area contributed by atoms with Crippen LogP contribution in [-0.2, 0) is 10.8 Å². The summed E-state index contributed by atoms with van der Waals surface area (Å²) >= 11 is 0. The molecule has 0 amide bonds.